The molecule has 1 aromatic heterocycles. The molecule has 0 aliphatic heterocycles. The van der Waals surface area contributed by atoms with Crippen LogP contribution in [0.25, 0.3) is 0 Å². The maximum absolute atomic E-state index is 12.8. The molecular weight excluding hydrogens is 270 g/mol. The van der Waals surface area contributed by atoms with E-state index in [0.717, 1.165) is 0 Å². The standard InChI is InChI=1S/C10H11F4N3S/c1-5-2-3-16-8(6(5)7(15)18)17-4-10(13,14)9(11)12/h2-3,9H,4H2,1H3,(H2,15,18)(H,16,17). The second-order valence-electron chi connectivity index (χ2n) is 3.63. The van der Waals surface area contributed by atoms with Crippen LogP contribution >= 0.6 is 12.2 Å². The minimum Gasteiger partial charge on any atom is -0.389 e. The van der Waals surface area contributed by atoms with Crippen LogP contribution < -0.4 is 11.1 Å². The van der Waals surface area contributed by atoms with Gasteiger partial charge in [-0.15, -0.1) is 0 Å². The summed E-state index contributed by atoms with van der Waals surface area (Å²) in [5, 5.41) is 2.15. The minimum absolute atomic E-state index is 0.0252. The summed E-state index contributed by atoms with van der Waals surface area (Å²) in [5.74, 6) is -4.17. The Balaban J connectivity index is 2.92. The van der Waals surface area contributed by atoms with E-state index in [-0.39, 0.29) is 16.4 Å². The Morgan fingerprint density at radius 3 is 2.67 bits per heavy atom. The summed E-state index contributed by atoms with van der Waals surface area (Å²) < 4.78 is 49.5. The van der Waals surface area contributed by atoms with Crippen molar-refractivity contribution in [3.05, 3.63) is 23.4 Å². The van der Waals surface area contributed by atoms with Crippen molar-refractivity contribution in [1.82, 2.24) is 4.98 Å². The molecule has 0 fully saturated rings. The first kappa shape index (κ1) is 14.6. The molecule has 1 rings (SSSR count). The highest BCUT2D eigenvalue weighted by molar-refractivity contribution is 7.80. The highest BCUT2D eigenvalue weighted by Gasteiger charge is 2.40. The van der Waals surface area contributed by atoms with E-state index in [1.807, 2.05) is 0 Å². The highest BCUT2D eigenvalue weighted by atomic mass is 32.1. The van der Waals surface area contributed by atoms with E-state index in [1.54, 1.807) is 13.0 Å². The fraction of sp³-hybridized carbons (Fsp3) is 0.400. The van der Waals surface area contributed by atoms with E-state index in [9.17, 15) is 17.6 Å². The molecule has 0 atom stereocenters. The zero-order valence-corrected chi connectivity index (χ0v) is 10.2. The molecule has 0 aliphatic carbocycles. The van der Waals surface area contributed by atoms with E-state index in [0.29, 0.717) is 5.56 Å². The van der Waals surface area contributed by atoms with Crippen molar-refractivity contribution in [2.75, 3.05) is 11.9 Å². The van der Waals surface area contributed by atoms with Crippen LogP contribution in [0.3, 0.4) is 0 Å². The first-order valence-electron chi connectivity index (χ1n) is 4.91. The average molecular weight is 281 g/mol. The van der Waals surface area contributed by atoms with E-state index in [2.05, 4.69) is 10.3 Å². The predicted octanol–water partition coefficient (Wildman–Crippen LogP) is 2.34. The van der Waals surface area contributed by atoms with Gasteiger partial charge < -0.3 is 11.1 Å². The summed E-state index contributed by atoms with van der Waals surface area (Å²) >= 11 is 4.76. The normalized spacial score (nSPS) is 11.7. The van der Waals surface area contributed by atoms with Crippen LogP contribution in [0.2, 0.25) is 0 Å². The molecule has 3 N–H and O–H groups in total. The Hall–Kier alpha value is -1.44. The zero-order chi connectivity index (χ0) is 13.9. The summed E-state index contributed by atoms with van der Waals surface area (Å²) in [6.07, 6.45) is -2.40. The third-order valence-corrected chi connectivity index (χ3v) is 2.42. The Morgan fingerprint density at radius 1 is 1.56 bits per heavy atom. The van der Waals surface area contributed by atoms with Gasteiger partial charge in [0.2, 0.25) is 0 Å². The maximum atomic E-state index is 12.8. The van der Waals surface area contributed by atoms with Crippen molar-refractivity contribution >= 4 is 23.0 Å². The number of nitrogens with one attached hydrogen (secondary N) is 1. The number of pyridine rings is 1. The van der Waals surface area contributed by atoms with Gasteiger partial charge in [-0.25, -0.2) is 13.8 Å². The number of rotatable bonds is 5. The number of nitrogens with two attached hydrogens (primary N) is 1. The van der Waals surface area contributed by atoms with E-state index in [1.165, 1.54) is 6.20 Å². The summed E-state index contributed by atoms with van der Waals surface area (Å²) in [4.78, 5) is 3.73. The van der Waals surface area contributed by atoms with Crippen LogP contribution in [-0.4, -0.2) is 28.9 Å². The third-order valence-electron chi connectivity index (χ3n) is 2.22. The molecule has 0 bridgehead atoms. The van der Waals surface area contributed by atoms with Crippen molar-refractivity contribution in [1.29, 1.82) is 0 Å². The van der Waals surface area contributed by atoms with Gasteiger partial charge in [-0.3, -0.25) is 0 Å². The van der Waals surface area contributed by atoms with Crippen LogP contribution in [0.15, 0.2) is 12.3 Å². The van der Waals surface area contributed by atoms with Crippen LogP contribution in [0, 0.1) is 6.92 Å². The molecule has 0 radical (unpaired) electrons. The zero-order valence-electron chi connectivity index (χ0n) is 9.38. The fourth-order valence-electron chi connectivity index (χ4n) is 1.28. The number of hydrogen-bond donors (Lipinski definition) is 2. The molecule has 1 heterocycles. The van der Waals surface area contributed by atoms with E-state index >= 15 is 0 Å². The van der Waals surface area contributed by atoms with Crippen LogP contribution in [0.5, 0.6) is 0 Å². The van der Waals surface area contributed by atoms with Gasteiger partial charge in [0.15, 0.2) is 0 Å². The Morgan fingerprint density at radius 2 is 2.17 bits per heavy atom. The second-order valence-corrected chi connectivity index (χ2v) is 4.07. The SMILES string of the molecule is Cc1ccnc(NCC(F)(F)C(F)F)c1C(N)=S. The van der Waals surface area contributed by atoms with E-state index in [4.69, 9.17) is 18.0 Å². The lowest BCUT2D eigenvalue weighted by Crippen LogP contribution is -2.35. The second kappa shape index (κ2) is 5.47. The number of aromatic nitrogens is 1. The molecule has 100 valence electrons. The molecule has 0 aromatic carbocycles. The van der Waals surface area contributed by atoms with Gasteiger partial charge in [-0.1, -0.05) is 12.2 Å². The molecule has 0 saturated carbocycles. The summed E-state index contributed by atoms with van der Waals surface area (Å²) in [5.41, 5.74) is 6.33. The van der Waals surface area contributed by atoms with Crippen LogP contribution in [0.4, 0.5) is 23.4 Å². The monoisotopic (exact) mass is 281 g/mol. The summed E-state index contributed by atoms with van der Waals surface area (Å²) in [6, 6.07) is 1.59. The first-order valence-corrected chi connectivity index (χ1v) is 5.32. The van der Waals surface area contributed by atoms with Crippen molar-refractivity contribution in [3.8, 4) is 0 Å². The van der Waals surface area contributed by atoms with Crippen LogP contribution in [0.1, 0.15) is 11.1 Å². The quantitative estimate of drug-likeness (QED) is 0.642. The fourth-order valence-corrected chi connectivity index (χ4v) is 1.54. The Labute approximate surface area is 106 Å². The summed E-state index contributed by atoms with van der Waals surface area (Å²) in [6.45, 7) is 0.420. The van der Waals surface area contributed by atoms with Crippen molar-refractivity contribution < 1.29 is 17.6 Å². The molecule has 0 unspecified atom stereocenters. The van der Waals surface area contributed by atoms with Crippen LogP contribution in [-0.2, 0) is 0 Å². The molecule has 8 heteroatoms. The number of alkyl halides is 4. The Bertz CT molecular complexity index is 451. The number of anilines is 1. The Kier molecular flexibility index (Phi) is 4.44. The molecule has 0 amide bonds. The molecule has 18 heavy (non-hydrogen) atoms. The van der Waals surface area contributed by atoms with Gasteiger partial charge in [0.1, 0.15) is 10.8 Å². The summed E-state index contributed by atoms with van der Waals surface area (Å²) in [7, 11) is 0. The first-order chi connectivity index (χ1) is 8.25. The number of hydrogen-bond acceptors (Lipinski definition) is 3. The van der Waals surface area contributed by atoms with Crippen molar-refractivity contribution in [2.24, 2.45) is 5.73 Å². The number of aryl methyl sites for hydroxylation is 1. The topological polar surface area (TPSA) is 50.9 Å². The molecule has 0 saturated heterocycles. The molecule has 3 nitrogen and oxygen atoms in total. The van der Waals surface area contributed by atoms with Gasteiger partial charge in [-0.05, 0) is 18.6 Å². The van der Waals surface area contributed by atoms with Gasteiger partial charge in [0, 0.05) is 6.20 Å². The smallest absolute Gasteiger partial charge is 0.324 e. The van der Waals surface area contributed by atoms with Gasteiger partial charge in [0.25, 0.3) is 0 Å². The predicted molar refractivity (Wildman–Crippen MR) is 64.3 cm³/mol. The molecule has 0 spiro atoms. The number of halogens is 4. The number of nitrogens with zero attached hydrogens (tertiary/aromatic N) is 1. The molecular formula is C10H11F4N3S. The minimum atomic E-state index is -4.14. The molecule has 1 aromatic rings. The van der Waals surface area contributed by atoms with E-state index < -0.39 is 18.9 Å². The molecule has 0 aliphatic rings. The van der Waals surface area contributed by atoms with Gasteiger partial charge in [0.05, 0.1) is 12.1 Å². The largest absolute Gasteiger partial charge is 0.389 e. The average Bonchev–Trinajstić information content (AvgIpc) is 2.25. The van der Waals surface area contributed by atoms with Gasteiger partial charge >= 0.3 is 12.3 Å². The lowest BCUT2D eigenvalue weighted by molar-refractivity contribution is -0.117. The third kappa shape index (κ3) is 3.28. The highest BCUT2D eigenvalue weighted by Crippen LogP contribution is 2.24. The van der Waals surface area contributed by atoms with Crippen molar-refractivity contribution in [2.45, 2.75) is 19.3 Å². The van der Waals surface area contributed by atoms with Gasteiger partial charge in [-0.2, -0.15) is 8.78 Å². The lowest BCUT2D eigenvalue weighted by Gasteiger charge is -2.18. The maximum Gasteiger partial charge on any atom is 0.324 e. The number of thiocarbonyl (C=S) groups is 1. The lowest BCUT2D eigenvalue weighted by atomic mass is 10.1. The van der Waals surface area contributed by atoms with Crippen molar-refractivity contribution in [3.63, 3.8) is 0 Å².